The molecule has 0 spiro atoms. The molecule has 0 aliphatic rings. The van der Waals surface area contributed by atoms with Gasteiger partial charge in [0.2, 0.25) is 0 Å². The fourth-order valence-electron chi connectivity index (χ4n) is 1.53. The predicted octanol–water partition coefficient (Wildman–Crippen LogP) is 0.597. The van der Waals surface area contributed by atoms with Crippen molar-refractivity contribution in [3.05, 3.63) is 44.8 Å². The summed E-state index contributed by atoms with van der Waals surface area (Å²) < 4.78 is 14.9. The van der Waals surface area contributed by atoms with Crippen LogP contribution in [0.3, 0.4) is 0 Å². The lowest BCUT2D eigenvalue weighted by Crippen LogP contribution is -2.32. The molecule has 0 saturated heterocycles. The maximum atomic E-state index is 11.9. The highest BCUT2D eigenvalue weighted by Crippen LogP contribution is 1.92. The molecule has 6 heteroatoms. The Bertz CT molecular complexity index is 684. The quantitative estimate of drug-likeness (QED) is 0.584. The Morgan fingerprint density at radius 3 is 2.78 bits per heavy atom. The number of allylic oxidation sites excluding steroid dienone is 2. The van der Waals surface area contributed by atoms with Crippen molar-refractivity contribution in [2.75, 3.05) is 19.8 Å². The molecular weight excluding hydrogens is 300 g/mol. The van der Waals surface area contributed by atoms with Gasteiger partial charge in [-0.1, -0.05) is 32.2 Å². The first-order valence-electron chi connectivity index (χ1n) is 6.84. The van der Waals surface area contributed by atoms with E-state index in [1.54, 1.807) is 25.2 Å². The Labute approximate surface area is 135 Å². The summed E-state index contributed by atoms with van der Waals surface area (Å²) in [5.41, 5.74) is -0.809. The molecule has 0 aliphatic carbocycles. The highest BCUT2D eigenvalue weighted by Gasteiger charge is 2.13. The van der Waals surface area contributed by atoms with Crippen molar-refractivity contribution >= 4 is 18.6 Å². The van der Waals surface area contributed by atoms with E-state index in [4.69, 9.17) is 19.0 Å². The normalized spacial score (nSPS) is 12.9. The standard InChI is InChI=1S/C16H20O6.CH4/c1-4-5-6-13-9-14(16(19)22-12(13)3)15(18)21-8-7-20-10-11(2)17;/h4-6,9,11,17H,3,7-8,10H2,1-2H3;1H4/b5-4-,13-6-;. The Balaban J connectivity index is 0.00000484. The van der Waals surface area contributed by atoms with Gasteiger partial charge in [0.1, 0.15) is 17.6 Å². The van der Waals surface area contributed by atoms with Crippen LogP contribution in [0.4, 0.5) is 0 Å². The Hall–Kier alpha value is -2.18. The average Bonchev–Trinajstić information content (AvgIpc) is 2.45. The molecule has 1 rings (SSSR count). The molecule has 23 heavy (non-hydrogen) atoms. The monoisotopic (exact) mass is 324 g/mol. The summed E-state index contributed by atoms with van der Waals surface area (Å²) in [5.74, 6) is -0.787. The first-order chi connectivity index (χ1) is 10.5. The summed E-state index contributed by atoms with van der Waals surface area (Å²) in [4.78, 5) is 23.5. The van der Waals surface area contributed by atoms with Crippen molar-refractivity contribution in [3.63, 3.8) is 0 Å². The molecular formula is C17H24O6. The zero-order valence-corrected chi connectivity index (χ0v) is 12.7. The van der Waals surface area contributed by atoms with E-state index in [0.29, 0.717) is 5.22 Å². The number of rotatable bonds is 7. The minimum absolute atomic E-state index is 0. The minimum Gasteiger partial charge on any atom is -0.459 e. The van der Waals surface area contributed by atoms with E-state index in [2.05, 4.69) is 6.58 Å². The Morgan fingerprint density at radius 2 is 2.17 bits per heavy atom. The summed E-state index contributed by atoms with van der Waals surface area (Å²) in [5, 5.41) is 9.52. The second-order valence-electron chi connectivity index (χ2n) is 4.58. The minimum atomic E-state index is -0.794. The van der Waals surface area contributed by atoms with Gasteiger partial charge in [-0.3, -0.25) is 0 Å². The summed E-state index contributed by atoms with van der Waals surface area (Å²) in [7, 11) is 0. The lowest BCUT2D eigenvalue weighted by molar-refractivity contribution is 0.0108. The third-order valence-electron chi connectivity index (χ3n) is 2.57. The number of esters is 1. The summed E-state index contributed by atoms with van der Waals surface area (Å²) in [6.07, 6.45) is 4.62. The van der Waals surface area contributed by atoms with Gasteiger partial charge in [0.25, 0.3) is 0 Å². The first-order valence-corrected chi connectivity index (χ1v) is 6.84. The lowest BCUT2D eigenvalue weighted by Gasteiger charge is -2.07. The number of ether oxygens (including phenoxy) is 2. The first kappa shape index (κ1) is 20.8. The van der Waals surface area contributed by atoms with E-state index in [0.717, 1.165) is 0 Å². The zero-order chi connectivity index (χ0) is 16.5. The molecule has 0 aromatic carbocycles. The number of hydrogen-bond acceptors (Lipinski definition) is 6. The molecule has 0 aliphatic heterocycles. The van der Waals surface area contributed by atoms with Crippen LogP contribution < -0.4 is 16.3 Å². The number of aliphatic hydroxyl groups excluding tert-OH is 1. The van der Waals surface area contributed by atoms with E-state index in [1.807, 2.05) is 6.92 Å². The average molecular weight is 324 g/mol. The summed E-state index contributed by atoms with van der Waals surface area (Å²) in [6.45, 7) is 7.29. The highest BCUT2D eigenvalue weighted by molar-refractivity contribution is 5.88. The number of hydrogen-bond donors (Lipinski definition) is 1. The Kier molecular flexibility index (Phi) is 9.53. The van der Waals surface area contributed by atoms with E-state index in [9.17, 15) is 9.59 Å². The molecule has 1 unspecified atom stereocenters. The van der Waals surface area contributed by atoms with Crippen molar-refractivity contribution in [1.29, 1.82) is 0 Å². The van der Waals surface area contributed by atoms with Crippen molar-refractivity contribution in [1.82, 2.24) is 0 Å². The van der Waals surface area contributed by atoms with Crippen LogP contribution in [0.1, 0.15) is 31.6 Å². The molecule has 0 radical (unpaired) electrons. The topological polar surface area (TPSA) is 86.0 Å². The molecule has 6 nitrogen and oxygen atoms in total. The fraction of sp³-hybridized carbons (Fsp3) is 0.412. The van der Waals surface area contributed by atoms with Crippen LogP contribution in [-0.2, 0) is 9.47 Å². The van der Waals surface area contributed by atoms with E-state index in [-0.39, 0.29) is 38.2 Å². The number of carbonyl (C=O) groups excluding carboxylic acids is 1. The third-order valence-corrected chi connectivity index (χ3v) is 2.57. The molecule has 1 aromatic rings. The molecule has 1 aromatic heterocycles. The van der Waals surface area contributed by atoms with Gasteiger partial charge in [0, 0.05) is 5.22 Å². The van der Waals surface area contributed by atoms with Gasteiger partial charge in [-0.15, -0.1) is 0 Å². The van der Waals surface area contributed by atoms with E-state index >= 15 is 0 Å². The molecule has 0 bridgehead atoms. The molecule has 1 atom stereocenters. The summed E-state index contributed by atoms with van der Waals surface area (Å²) >= 11 is 0. The van der Waals surface area contributed by atoms with Gasteiger partial charge in [-0.2, -0.15) is 0 Å². The third kappa shape index (κ3) is 7.08. The molecule has 0 saturated carbocycles. The second kappa shape index (κ2) is 10.5. The van der Waals surface area contributed by atoms with Crippen LogP contribution in [0.5, 0.6) is 0 Å². The highest BCUT2D eigenvalue weighted by atomic mass is 16.6. The van der Waals surface area contributed by atoms with Gasteiger partial charge in [-0.25, -0.2) is 9.59 Å². The van der Waals surface area contributed by atoms with Crippen LogP contribution in [0.15, 0.2) is 27.4 Å². The van der Waals surface area contributed by atoms with Gasteiger partial charge in [0.15, 0.2) is 0 Å². The Morgan fingerprint density at radius 1 is 1.48 bits per heavy atom. The SMILES string of the molecule is C.C=c1oc(=O)c(C(=O)OCCOCC(C)O)c/c1=C/C=C\C. The van der Waals surface area contributed by atoms with Crippen molar-refractivity contribution < 1.29 is 23.8 Å². The number of aliphatic hydroxyl groups is 1. The molecule has 0 fully saturated rings. The van der Waals surface area contributed by atoms with Gasteiger partial charge in [-0.05, 0) is 19.9 Å². The van der Waals surface area contributed by atoms with Gasteiger partial charge in [0.05, 0.1) is 19.3 Å². The summed E-state index contributed by atoms with van der Waals surface area (Å²) in [6, 6.07) is 1.38. The van der Waals surface area contributed by atoms with Crippen LogP contribution in [0.2, 0.25) is 0 Å². The molecule has 1 N–H and O–H groups in total. The van der Waals surface area contributed by atoms with Crippen LogP contribution in [0, 0.1) is 0 Å². The second-order valence-corrected chi connectivity index (χ2v) is 4.58. The van der Waals surface area contributed by atoms with Crippen LogP contribution in [-0.4, -0.2) is 37.0 Å². The predicted molar refractivity (Wildman–Crippen MR) is 88.5 cm³/mol. The van der Waals surface area contributed by atoms with Crippen molar-refractivity contribution in [2.24, 2.45) is 0 Å². The molecule has 128 valence electrons. The van der Waals surface area contributed by atoms with Crippen LogP contribution in [0.25, 0.3) is 12.7 Å². The lowest BCUT2D eigenvalue weighted by atomic mass is 10.2. The van der Waals surface area contributed by atoms with Gasteiger partial charge < -0.3 is 19.0 Å². The van der Waals surface area contributed by atoms with E-state index in [1.165, 1.54) is 6.07 Å². The van der Waals surface area contributed by atoms with Gasteiger partial charge >= 0.3 is 11.6 Å². The zero-order valence-electron chi connectivity index (χ0n) is 12.7. The van der Waals surface area contributed by atoms with Crippen molar-refractivity contribution in [2.45, 2.75) is 27.4 Å². The van der Waals surface area contributed by atoms with E-state index < -0.39 is 17.7 Å². The maximum absolute atomic E-state index is 11.9. The largest absolute Gasteiger partial charge is 0.459 e. The maximum Gasteiger partial charge on any atom is 0.350 e. The molecule has 0 amide bonds. The van der Waals surface area contributed by atoms with Crippen LogP contribution >= 0.6 is 0 Å². The fourth-order valence-corrected chi connectivity index (χ4v) is 1.53. The smallest absolute Gasteiger partial charge is 0.350 e. The number of carbonyl (C=O) groups is 1. The van der Waals surface area contributed by atoms with Crippen molar-refractivity contribution in [3.8, 4) is 0 Å². The molecule has 1 heterocycles.